The van der Waals surface area contributed by atoms with E-state index < -0.39 is 9.84 Å². The third-order valence-electron chi connectivity index (χ3n) is 3.49. The minimum Gasteiger partial charge on any atom is -0.508 e. The lowest BCUT2D eigenvalue weighted by Gasteiger charge is -2.26. The van der Waals surface area contributed by atoms with Crippen LogP contribution in [0.15, 0.2) is 22.7 Å². The highest BCUT2D eigenvalue weighted by Crippen LogP contribution is 2.20. The quantitative estimate of drug-likeness (QED) is 0.766. The Morgan fingerprint density at radius 1 is 1.27 bits per heavy atom. The predicted molar refractivity (Wildman–Crippen MR) is 87.6 cm³/mol. The van der Waals surface area contributed by atoms with Gasteiger partial charge in [-0.25, -0.2) is 8.42 Å². The number of hydrogen-bond acceptors (Lipinski definition) is 5. The van der Waals surface area contributed by atoms with E-state index >= 15 is 0 Å². The van der Waals surface area contributed by atoms with E-state index in [2.05, 4.69) is 21.2 Å². The van der Waals surface area contributed by atoms with Crippen LogP contribution in [0.1, 0.15) is 5.56 Å². The molecular weight excluding hydrogens is 372 g/mol. The molecule has 22 heavy (non-hydrogen) atoms. The summed E-state index contributed by atoms with van der Waals surface area (Å²) < 4.78 is 23.4. The van der Waals surface area contributed by atoms with Crippen molar-refractivity contribution in [1.82, 2.24) is 10.2 Å². The molecule has 1 amide bonds. The smallest absolute Gasteiger partial charge is 0.224 e. The molecule has 1 aliphatic rings. The van der Waals surface area contributed by atoms with Gasteiger partial charge in [-0.15, -0.1) is 0 Å². The lowest BCUT2D eigenvalue weighted by Crippen LogP contribution is -2.44. The third-order valence-corrected chi connectivity index (χ3v) is 5.56. The molecule has 8 heteroatoms. The number of sulfone groups is 1. The van der Waals surface area contributed by atoms with Gasteiger partial charge in [-0.2, -0.15) is 0 Å². The first-order valence-corrected chi connectivity index (χ1v) is 9.63. The average molecular weight is 391 g/mol. The molecular formula is C14H19BrN2O4S. The molecule has 0 radical (unpaired) electrons. The van der Waals surface area contributed by atoms with Crippen molar-refractivity contribution in [2.45, 2.75) is 6.42 Å². The number of phenols is 1. The van der Waals surface area contributed by atoms with Crippen LogP contribution < -0.4 is 5.32 Å². The fourth-order valence-electron chi connectivity index (χ4n) is 2.31. The Kier molecular flexibility index (Phi) is 5.82. The Bertz CT molecular complexity index is 614. The van der Waals surface area contributed by atoms with Crippen molar-refractivity contribution in [3.8, 4) is 5.75 Å². The first-order chi connectivity index (χ1) is 10.3. The number of halogens is 1. The van der Waals surface area contributed by atoms with Crippen LogP contribution in [0.5, 0.6) is 5.75 Å². The van der Waals surface area contributed by atoms with Gasteiger partial charge < -0.3 is 10.4 Å². The number of nitrogens with one attached hydrogen (secondary N) is 1. The van der Waals surface area contributed by atoms with Gasteiger partial charge in [0, 0.05) is 30.7 Å². The van der Waals surface area contributed by atoms with E-state index in [1.807, 2.05) is 4.90 Å². The number of amides is 1. The van der Waals surface area contributed by atoms with Crippen LogP contribution in [-0.4, -0.2) is 62.0 Å². The lowest BCUT2D eigenvalue weighted by molar-refractivity contribution is -0.120. The number of benzene rings is 1. The molecule has 0 unspecified atom stereocenters. The molecule has 6 nitrogen and oxygen atoms in total. The predicted octanol–water partition coefficient (Wildman–Crippen LogP) is 0.544. The third kappa shape index (κ3) is 5.58. The first kappa shape index (κ1) is 17.2. The molecule has 1 aromatic rings. The number of carbonyl (C=O) groups is 1. The van der Waals surface area contributed by atoms with Crippen LogP contribution in [-0.2, 0) is 21.1 Å². The summed E-state index contributed by atoms with van der Waals surface area (Å²) >= 11 is 3.27. The van der Waals surface area contributed by atoms with Crippen molar-refractivity contribution in [1.29, 1.82) is 0 Å². The van der Waals surface area contributed by atoms with Gasteiger partial charge in [0.2, 0.25) is 5.91 Å². The highest BCUT2D eigenvalue weighted by Gasteiger charge is 2.21. The number of phenolic OH excluding ortho intramolecular Hbond substituents is 1. The lowest BCUT2D eigenvalue weighted by atomic mass is 10.1. The molecule has 2 rings (SSSR count). The minimum atomic E-state index is -2.86. The van der Waals surface area contributed by atoms with Crippen molar-refractivity contribution in [2.24, 2.45) is 0 Å². The SMILES string of the molecule is O=C(Cc1cc(O)cc(Br)c1)NCCN1CCS(=O)(=O)CC1. The van der Waals surface area contributed by atoms with Gasteiger partial charge in [-0.3, -0.25) is 9.69 Å². The maximum Gasteiger partial charge on any atom is 0.224 e. The Labute approximate surface area is 138 Å². The first-order valence-electron chi connectivity index (χ1n) is 7.02. The highest BCUT2D eigenvalue weighted by molar-refractivity contribution is 9.10. The topological polar surface area (TPSA) is 86.7 Å². The monoisotopic (exact) mass is 390 g/mol. The van der Waals surface area contributed by atoms with Gasteiger partial charge in [0.15, 0.2) is 9.84 Å². The second kappa shape index (κ2) is 7.43. The number of nitrogens with zero attached hydrogens (tertiary/aromatic N) is 1. The van der Waals surface area contributed by atoms with Crippen molar-refractivity contribution in [3.63, 3.8) is 0 Å². The second-order valence-electron chi connectivity index (χ2n) is 5.34. The minimum absolute atomic E-state index is 0.117. The molecule has 0 aliphatic carbocycles. The van der Waals surface area contributed by atoms with Gasteiger partial charge in [0.05, 0.1) is 17.9 Å². The summed E-state index contributed by atoms with van der Waals surface area (Å²) in [4.78, 5) is 13.9. The number of hydrogen-bond donors (Lipinski definition) is 2. The molecule has 0 spiro atoms. The van der Waals surface area contributed by atoms with Gasteiger partial charge >= 0.3 is 0 Å². The van der Waals surface area contributed by atoms with E-state index in [1.54, 1.807) is 18.2 Å². The molecule has 1 aliphatic heterocycles. The van der Waals surface area contributed by atoms with Crippen LogP contribution in [0.4, 0.5) is 0 Å². The Balaban J connectivity index is 1.72. The second-order valence-corrected chi connectivity index (χ2v) is 8.56. The van der Waals surface area contributed by atoms with Gasteiger partial charge in [0.1, 0.15) is 5.75 Å². The van der Waals surface area contributed by atoms with Gasteiger partial charge in [-0.05, 0) is 23.8 Å². The summed E-state index contributed by atoms with van der Waals surface area (Å²) in [5.41, 5.74) is 0.730. The summed E-state index contributed by atoms with van der Waals surface area (Å²) in [6, 6.07) is 4.90. The Morgan fingerprint density at radius 3 is 2.59 bits per heavy atom. The number of carbonyl (C=O) groups excluding carboxylic acids is 1. The number of aromatic hydroxyl groups is 1. The van der Waals surface area contributed by atoms with E-state index in [-0.39, 0.29) is 29.6 Å². The van der Waals surface area contributed by atoms with Crippen LogP contribution in [0.3, 0.4) is 0 Å². The molecule has 0 aromatic heterocycles. The standard InChI is InChI=1S/C14H19BrN2O4S/c15-12-7-11(8-13(18)10-12)9-14(19)16-1-2-17-3-5-22(20,21)6-4-17/h7-8,10,18H,1-6,9H2,(H,16,19). The molecule has 1 fully saturated rings. The Hall–Kier alpha value is -1.12. The zero-order chi connectivity index (χ0) is 16.2. The van der Waals surface area contributed by atoms with E-state index in [0.717, 1.165) is 10.0 Å². The normalized spacial score (nSPS) is 18.0. The average Bonchev–Trinajstić information content (AvgIpc) is 2.39. The molecule has 0 bridgehead atoms. The molecule has 1 saturated heterocycles. The maximum absolute atomic E-state index is 11.9. The summed E-state index contributed by atoms with van der Waals surface area (Å²) in [6.45, 7) is 2.18. The fourth-order valence-corrected chi connectivity index (χ4v) is 4.12. The highest BCUT2D eigenvalue weighted by atomic mass is 79.9. The summed E-state index contributed by atoms with van der Waals surface area (Å²) in [5.74, 6) is 0.380. The zero-order valence-corrected chi connectivity index (χ0v) is 14.5. The van der Waals surface area contributed by atoms with E-state index in [0.29, 0.717) is 26.2 Å². The fraction of sp³-hybridized carbons (Fsp3) is 0.500. The molecule has 2 N–H and O–H groups in total. The van der Waals surface area contributed by atoms with E-state index in [1.165, 1.54) is 0 Å². The summed E-state index contributed by atoms with van der Waals surface area (Å²) in [7, 11) is -2.86. The van der Waals surface area contributed by atoms with Crippen LogP contribution in [0.25, 0.3) is 0 Å². The van der Waals surface area contributed by atoms with Crippen LogP contribution in [0.2, 0.25) is 0 Å². The van der Waals surface area contributed by atoms with Crippen molar-refractivity contribution >= 4 is 31.7 Å². The van der Waals surface area contributed by atoms with Crippen molar-refractivity contribution in [2.75, 3.05) is 37.7 Å². The largest absolute Gasteiger partial charge is 0.508 e. The van der Waals surface area contributed by atoms with Crippen LogP contribution >= 0.6 is 15.9 Å². The summed E-state index contributed by atoms with van der Waals surface area (Å²) in [6.07, 6.45) is 0.196. The van der Waals surface area contributed by atoms with Gasteiger partial charge in [-0.1, -0.05) is 15.9 Å². The van der Waals surface area contributed by atoms with Crippen molar-refractivity contribution < 1.29 is 18.3 Å². The molecule has 1 heterocycles. The molecule has 0 atom stereocenters. The molecule has 1 aromatic carbocycles. The van der Waals surface area contributed by atoms with E-state index in [4.69, 9.17) is 0 Å². The molecule has 0 saturated carbocycles. The molecule has 122 valence electrons. The summed E-state index contributed by atoms with van der Waals surface area (Å²) in [5, 5.41) is 12.3. The number of rotatable bonds is 5. The zero-order valence-electron chi connectivity index (χ0n) is 12.1. The van der Waals surface area contributed by atoms with E-state index in [9.17, 15) is 18.3 Å². The Morgan fingerprint density at radius 2 is 1.95 bits per heavy atom. The van der Waals surface area contributed by atoms with Gasteiger partial charge in [0.25, 0.3) is 0 Å². The van der Waals surface area contributed by atoms with Crippen LogP contribution in [0, 0.1) is 0 Å². The van der Waals surface area contributed by atoms with Crippen molar-refractivity contribution in [3.05, 3.63) is 28.2 Å². The maximum atomic E-state index is 11.9.